The molecule has 1 N–H and O–H groups in total. The Morgan fingerprint density at radius 3 is 2.84 bits per heavy atom. The molecule has 1 aromatic heterocycles. The molecule has 0 saturated carbocycles. The highest BCUT2D eigenvalue weighted by atomic mass is 16.5. The van der Waals surface area contributed by atoms with E-state index < -0.39 is 11.4 Å². The molecule has 0 spiro atoms. The molecule has 0 fully saturated rings. The quantitative estimate of drug-likeness (QED) is 0.664. The van der Waals surface area contributed by atoms with Gasteiger partial charge in [0.1, 0.15) is 11.3 Å². The van der Waals surface area contributed by atoms with Crippen LogP contribution in [0, 0.1) is 0 Å². The average Bonchev–Trinajstić information content (AvgIpc) is 2.42. The van der Waals surface area contributed by atoms with E-state index in [4.69, 9.17) is 13.9 Å². The molecule has 19 heavy (non-hydrogen) atoms. The first-order valence-corrected chi connectivity index (χ1v) is 6.14. The third kappa shape index (κ3) is 2.65. The second kappa shape index (κ2) is 5.65. The molecule has 0 saturated heterocycles. The Balaban J connectivity index is 2.52. The summed E-state index contributed by atoms with van der Waals surface area (Å²) in [6.07, 6.45) is 1.81. The predicted octanol–water partition coefficient (Wildman–Crippen LogP) is 2.69. The number of ether oxygens (including phenoxy) is 2. The number of benzene rings is 1. The van der Waals surface area contributed by atoms with Gasteiger partial charge >= 0.3 is 5.63 Å². The van der Waals surface area contributed by atoms with E-state index in [1.165, 1.54) is 7.11 Å². The van der Waals surface area contributed by atoms with E-state index in [9.17, 15) is 9.90 Å². The number of hydrogen-bond donors (Lipinski definition) is 1. The van der Waals surface area contributed by atoms with Crippen LogP contribution in [0.3, 0.4) is 0 Å². The van der Waals surface area contributed by atoms with Crippen LogP contribution in [0.5, 0.6) is 17.2 Å². The minimum atomic E-state index is -0.813. The van der Waals surface area contributed by atoms with Crippen molar-refractivity contribution in [2.24, 2.45) is 0 Å². The van der Waals surface area contributed by atoms with E-state index >= 15 is 0 Å². The average molecular weight is 264 g/mol. The summed E-state index contributed by atoms with van der Waals surface area (Å²) < 4.78 is 15.6. The highest BCUT2D eigenvalue weighted by Crippen LogP contribution is 2.33. The van der Waals surface area contributed by atoms with Crippen LogP contribution < -0.4 is 15.1 Å². The van der Waals surface area contributed by atoms with Crippen molar-refractivity contribution in [1.82, 2.24) is 0 Å². The molecule has 5 nitrogen and oxygen atoms in total. The van der Waals surface area contributed by atoms with Crippen LogP contribution in [0.15, 0.2) is 27.4 Å². The third-order valence-corrected chi connectivity index (χ3v) is 2.79. The fraction of sp³-hybridized carbons (Fsp3) is 0.357. The van der Waals surface area contributed by atoms with Crippen LogP contribution >= 0.6 is 0 Å². The third-order valence-electron chi connectivity index (χ3n) is 2.79. The van der Waals surface area contributed by atoms with Gasteiger partial charge in [-0.25, -0.2) is 4.79 Å². The van der Waals surface area contributed by atoms with Gasteiger partial charge in [-0.1, -0.05) is 13.3 Å². The molecule has 2 rings (SSSR count). The lowest BCUT2D eigenvalue weighted by atomic mass is 10.2. The number of fused-ring (bicyclic) bond motifs is 1. The molecule has 0 radical (unpaired) electrons. The van der Waals surface area contributed by atoms with Crippen molar-refractivity contribution in [3.63, 3.8) is 0 Å². The van der Waals surface area contributed by atoms with E-state index in [0.29, 0.717) is 23.3 Å². The molecule has 0 atom stereocenters. The minimum absolute atomic E-state index is 0.169. The van der Waals surface area contributed by atoms with Crippen molar-refractivity contribution in [2.75, 3.05) is 13.7 Å². The summed E-state index contributed by atoms with van der Waals surface area (Å²) in [5.41, 5.74) is -0.485. The summed E-state index contributed by atoms with van der Waals surface area (Å²) in [6, 6.07) is 5.00. The number of rotatable bonds is 5. The lowest BCUT2D eigenvalue weighted by Gasteiger charge is -2.10. The van der Waals surface area contributed by atoms with Crippen molar-refractivity contribution < 1.29 is 19.0 Å². The van der Waals surface area contributed by atoms with Crippen LogP contribution in [0.25, 0.3) is 11.0 Å². The van der Waals surface area contributed by atoms with E-state index in [1.54, 1.807) is 18.2 Å². The number of hydrogen-bond acceptors (Lipinski definition) is 5. The Bertz CT molecular complexity index is 630. The predicted molar refractivity (Wildman–Crippen MR) is 71.1 cm³/mol. The Morgan fingerprint density at radius 1 is 1.37 bits per heavy atom. The highest BCUT2D eigenvalue weighted by molar-refractivity contribution is 5.86. The molecule has 2 aromatic rings. The number of unbranched alkanes of at least 4 members (excludes halogenated alkanes) is 1. The fourth-order valence-corrected chi connectivity index (χ4v) is 1.73. The molecule has 0 aliphatic rings. The van der Waals surface area contributed by atoms with Crippen molar-refractivity contribution >= 4 is 11.0 Å². The van der Waals surface area contributed by atoms with Gasteiger partial charge in [0.2, 0.25) is 5.75 Å². The van der Waals surface area contributed by atoms with Gasteiger partial charge in [0, 0.05) is 6.07 Å². The Kier molecular flexibility index (Phi) is 3.94. The van der Waals surface area contributed by atoms with Crippen LogP contribution in [0.1, 0.15) is 19.8 Å². The Morgan fingerprint density at radius 2 is 2.16 bits per heavy atom. The fourth-order valence-electron chi connectivity index (χ4n) is 1.73. The largest absolute Gasteiger partial charge is 0.499 e. The summed E-state index contributed by atoms with van der Waals surface area (Å²) >= 11 is 0. The van der Waals surface area contributed by atoms with Gasteiger partial charge in [-0.05, 0) is 18.6 Å². The summed E-state index contributed by atoms with van der Waals surface area (Å²) in [5.74, 6) is 0.247. The van der Waals surface area contributed by atoms with Gasteiger partial charge in [0.15, 0.2) is 5.75 Å². The van der Waals surface area contributed by atoms with Crippen LogP contribution in [0.4, 0.5) is 0 Å². The molecule has 0 amide bonds. The summed E-state index contributed by atoms with van der Waals surface area (Å²) in [7, 11) is 1.53. The maximum absolute atomic E-state index is 11.5. The number of methoxy groups -OCH3 is 1. The van der Waals surface area contributed by atoms with Crippen LogP contribution in [-0.4, -0.2) is 18.8 Å². The van der Waals surface area contributed by atoms with Gasteiger partial charge in [-0.3, -0.25) is 0 Å². The van der Waals surface area contributed by atoms with E-state index in [0.717, 1.165) is 12.8 Å². The molecule has 0 aliphatic heterocycles. The second-order valence-electron chi connectivity index (χ2n) is 4.13. The molecule has 0 aliphatic carbocycles. The molecule has 1 heterocycles. The molecule has 0 unspecified atom stereocenters. The maximum atomic E-state index is 11.5. The molecule has 102 valence electrons. The molecular formula is C14H16O5. The zero-order valence-electron chi connectivity index (χ0n) is 10.9. The first kappa shape index (κ1) is 13.3. The zero-order chi connectivity index (χ0) is 13.8. The highest BCUT2D eigenvalue weighted by Gasteiger charge is 2.15. The van der Waals surface area contributed by atoms with Gasteiger partial charge in [-0.2, -0.15) is 0 Å². The van der Waals surface area contributed by atoms with Crippen LogP contribution in [0.2, 0.25) is 0 Å². The monoisotopic (exact) mass is 264 g/mol. The van der Waals surface area contributed by atoms with E-state index in [1.807, 2.05) is 6.92 Å². The molecular weight excluding hydrogens is 248 g/mol. The molecule has 1 aromatic carbocycles. The second-order valence-corrected chi connectivity index (χ2v) is 4.13. The topological polar surface area (TPSA) is 68.9 Å². The molecule has 0 bridgehead atoms. The first-order valence-electron chi connectivity index (χ1n) is 6.14. The van der Waals surface area contributed by atoms with Crippen molar-refractivity contribution in [1.29, 1.82) is 0 Å². The van der Waals surface area contributed by atoms with E-state index in [-0.39, 0.29) is 5.75 Å². The van der Waals surface area contributed by atoms with Crippen molar-refractivity contribution in [3.05, 3.63) is 28.6 Å². The summed E-state index contributed by atoms with van der Waals surface area (Å²) in [5, 5.41) is 10.3. The Labute approximate surface area is 110 Å². The van der Waals surface area contributed by atoms with Gasteiger partial charge in [0.25, 0.3) is 0 Å². The zero-order valence-corrected chi connectivity index (χ0v) is 10.9. The smallest absolute Gasteiger partial charge is 0.382 e. The van der Waals surface area contributed by atoms with Gasteiger partial charge < -0.3 is 19.0 Å². The Hall–Kier alpha value is -2.17. The first-order chi connectivity index (χ1) is 9.17. The van der Waals surface area contributed by atoms with E-state index in [2.05, 4.69) is 0 Å². The standard InChI is InChI=1S/C14H16O5/c1-3-4-7-18-13-10-6-5-9(17-2)8-11(10)19-14(16)12(13)15/h5-6,8,15H,3-4,7H2,1-2H3. The van der Waals surface area contributed by atoms with Crippen molar-refractivity contribution in [2.45, 2.75) is 19.8 Å². The van der Waals surface area contributed by atoms with Crippen LogP contribution in [-0.2, 0) is 0 Å². The van der Waals surface area contributed by atoms with Gasteiger partial charge in [-0.15, -0.1) is 0 Å². The van der Waals surface area contributed by atoms with Crippen molar-refractivity contribution in [3.8, 4) is 17.2 Å². The minimum Gasteiger partial charge on any atom is -0.499 e. The lowest BCUT2D eigenvalue weighted by Crippen LogP contribution is -2.04. The van der Waals surface area contributed by atoms with Gasteiger partial charge in [0.05, 0.1) is 19.1 Å². The lowest BCUT2D eigenvalue weighted by molar-refractivity contribution is 0.289. The maximum Gasteiger partial charge on any atom is 0.382 e. The molecule has 5 heteroatoms. The SMILES string of the molecule is CCCCOc1c(O)c(=O)oc2cc(OC)ccc12. The summed E-state index contributed by atoms with van der Waals surface area (Å²) in [6.45, 7) is 2.47. The normalized spacial score (nSPS) is 10.6. The summed E-state index contributed by atoms with van der Waals surface area (Å²) in [4.78, 5) is 11.5. The number of aromatic hydroxyl groups is 1.